The summed E-state index contributed by atoms with van der Waals surface area (Å²) in [6.45, 7) is 11.4. The zero-order valence-electron chi connectivity index (χ0n) is 19.4. The number of rotatable bonds is 7. The Labute approximate surface area is 188 Å². The lowest BCUT2D eigenvalue weighted by atomic mass is 9.96. The molecule has 0 bridgehead atoms. The molecule has 32 heavy (non-hydrogen) atoms. The molecule has 10 nitrogen and oxygen atoms in total. The maximum absolute atomic E-state index is 4.72. The molecular weight excluding hydrogens is 404 g/mol. The van der Waals surface area contributed by atoms with Gasteiger partial charge < -0.3 is 20.9 Å². The van der Waals surface area contributed by atoms with E-state index in [0.29, 0.717) is 29.7 Å². The van der Waals surface area contributed by atoms with Crippen LogP contribution in [0.2, 0.25) is 0 Å². The van der Waals surface area contributed by atoms with E-state index in [1.807, 2.05) is 32.2 Å². The van der Waals surface area contributed by atoms with E-state index in [-0.39, 0.29) is 5.41 Å². The largest absolute Gasteiger partial charge is 0.350 e. The van der Waals surface area contributed by atoms with Crippen molar-refractivity contribution in [3.8, 4) is 11.4 Å². The van der Waals surface area contributed by atoms with Gasteiger partial charge in [-0.25, -0.2) is 4.98 Å². The molecule has 170 valence electrons. The Morgan fingerprint density at radius 1 is 1.16 bits per heavy atom. The Morgan fingerprint density at radius 2 is 1.97 bits per heavy atom. The molecule has 4 N–H and O–H groups in total. The van der Waals surface area contributed by atoms with Gasteiger partial charge in [0.05, 0.1) is 0 Å². The maximum atomic E-state index is 4.72. The third kappa shape index (κ3) is 5.50. The lowest BCUT2D eigenvalue weighted by Crippen LogP contribution is -2.31. The number of nitrogens with zero attached hydrogens (tertiary/aromatic N) is 6. The highest BCUT2D eigenvalue weighted by atomic mass is 15.3. The first kappa shape index (κ1) is 21.9. The van der Waals surface area contributed by atoms with Gasteiger partial charge in [0.2, 0.25) is 17.8 Å². The highest BCUT2D eigenvalue weighted by molar-refractivity contribution is 5.68. The van der Waals surface area contributed by atoms with Crippen LogP contribution in [0.5, 0.6) is 0 Å². The maximum Gasteiger partial charge on any atom is 0.233 e. The van der Waals surface area contributed by atoms with Crippen LogP contribution in [-0.2, 0) is 0 Å². The highest BCUT2D eigenvalue weighted by Gasteiger charge is 2.20. The van der Waals surface area contributed by atoms with E-state index >= 15 is 0 Å². The number of nitrogens with one attached hydrogen (secondary N) is 4. The summed E-state index contributed by atoms with van der Waals surface area (Å²) in [6.07, 6.45) is 2.54. The van der Waals surface area contributed by atoms with Gasteiger partial charge in [0.15, 0.2) is 5.82 Å². The van der Waals surface area contributed by atoms with Crippen LogP contribution in [-0.4, -0.2) is 62.9 Å². The van der Waals surface area contributed by atoms with Crippen molar-refractivity contribution in [1.82, 2.24) is 35.5 Å². The molecular formula is C22H32N10. The number of hydrogen-bond acceptors (Lipinski definition) is 9. The van der Waals surface area contributed by atoms with Crippen LogP contribution in [0.1, 0.15) is 32.8 Å². The number of hydrogen-bond donors (Lipinski definition) is 4. The first-order valence-corrected chi connectivity index (χ1v) is 10.9. The second-order valence-corrected chi connectivity index (χ2v) is 9.52. The predicted octanol–water partition coefficient (Wildman–Crippen LogP) is 2.96. The fourth-order valence-electron chi connectivity index (χ4n) is 3.77. The van der Waals surface area contributed by atoms with Crippen LogP contribution in [0.25, 0.3) is 11.4 Å². The molecule has 0 aliphatic carbocycles. The van der Waals surface area contributed by atoms with Crippen molar-refractivity contribution >= 4 is 23.5 Å². The summed E-state index contributed by atoms with van der Waals surface area (Å²) in [7, 11) is 2.01. The predicted molar refractivity (Wildman–Crippen MR) is 127 cm³/mol. The molecule has 1 aromatic carbocycles. The Morgan fingerprint density at radius 3 is 2.66 bits per heavy atom. The van der Waals surface area contributed by atoms with E-state index in [1.165, 1.54) is 6.33 Å². The van der Waals surface area contributed by atoms with Gasteiger partial charge in [-0.2, -0.15) is 20.1 Å². The van der Waals surface area contributed by atoms with Gasteiger partial charge in [-0.15, -0.1) is 0 Å². The second kappa shape index (κ2) is 9.07. The Hall–Kier alpha value is -3.27. The van der Waals surface area contributed by atoms with Crippen LogP contribution in [0.15, 0.2) is 24.5 Å². The molecule has 0 amide bonds. The van der Waals surface area contributed by atoms with E-state index in [2.05, 4.69) is 61.8 Å². The number of aromatic nitrogens is 6. The zero-order valence-corrected chi connectivity index (χ0v) is 19.4. The molecule has 3 aromatic rings. The van der Waals surface area contributed by atoms with Crippen molar-refractivity contribution in [2.45, 2.75) is 40.2 Å². The lowest BCUT2D eigenvalue weighted by molar-refractivity contribution is 0.416. The molecule has 1 atom stereocenters. The normalized spacial score (nSPS) is 16.2. The molecule has 1 fully saturated rings. The number of benzene rings is 1. The van der Waals surface area contributed by atoms with Gasteiger partial charge in [0, 0.05) is 37.4 Å². The molecule has 4 rings (SSSR count). The van der Waals surface area contributed by atoms with Crippen molar-refractivity contribution in [1.29, 1.82) is 0 Å². The monoisotopic (exact) mass is 436 g/mol. The first-order chi connectivity index (χ1) is 15.3. The summed E-state index contributed by atoms with van der Waals surface area (Å²) < 4.78 is 0. The third-order valence-electron chi connectivity index (χ3n) is 5.24. The van der Waals surface area contributed by atoms with E-state index in [4.69, 9.17) is 9.97 Å². The number of H-pyrrole nitrogens is 1. The summed E-state index contributed by atoms with van der Waals surface area (Å²) in [6, 6.07) is 6.38. The SMILES string of the molecule is Cc1ccc(-c2ncn[nH]2)cc1Nc1nc(NC2CCNC2)nc(N(C)CC(C)(C)C)n1. The summed E-state index contributed by atoms with van der Waals surface area (Å²) in [5, 5.41) is 17.1. The molecule has 2 aromatic heterocycles. The van der Waals surface area contributed by atoms with E-state index < -0.39 is 0 Å². The van der Waals surface area contributed by atoms with E-state index in [0.717, 1.165) is 42.9 Å². The van der Waals surface area contributed by atoms with Gasteiger partial charge in [-0.1, -0.05) is 32.9 Å². The van der Waals surface area contributed by atoms with E-state index in [1.54, 1.807) is 0 Å². The average Bonchev–Trinajstić information content (AvgIpc) is 3.42. The molecule has 0 spiro atoms. The molecule has 10 heteroatoms. The molecule has 1 saturated heterocycles. The minimum atomic E-state index is 0.111. The van der Waals surface area contributed by atoms with Gasteiger partial charge in [0.25, 0.3) is 0 Å². The van der Waals surface area contributed by atoms with Crippen LogP contribution in [0.3, 0.4) is 0 Å². The molecule has 3 heterocycles. The minimum absolute atomic E-state index is 0.111. The molecule has 1 aliphatic heterocycles. The minimum Gasteiger partial charge on any atom is -0.350 e. The van der Waals surface area contributed by atoms with Crippen molar-refractivity contribution in [3.63, 3.8) is 0 Å². The molecule has 1 aliphatic rings. The molecule has 0 saturated carbocycles. The summed E-state index contributed by atoms with van der Waals surface area (Å²) in [5.41, 5.74) is 3.03. The van der Waals surface area contributed by atoms with Crippen LogP contribution in [0, 0.1) is 12.3 Å². The van der Waals surface area contributed by atoms with Crippen molar-refractivity contribution in [2.24, 2.45) is 5.41 Å². The number of anilines is 4. The lowest BCUT2D eigenvalue weighted by Gasteiger charge is -2.27. The number of aryl methyl sites for hydroxylation is 1. The smallest absolute Gasteiger partial charge is 0.233 e. The highest BCUT2D eigenvalue weighted by Crippen LogP contribution is 2.26. The van der Waals surface area contributed by atoms with E-state index in [9.17, 15) is 0 Å². The quantitative estimate of drug-likeness (QED) is 0.443. The van der Waals surface area contributed by atoms with Crippen molar-refractivity contribution in [3.05, 3.63) is 30.1 Å². The standard InChI is InChI=1S/C22H32N10/c1-14-6-7-15(18-24-13-25-31-18)10-17(14)27-20-28-19(26-16-8-9-23-11-16)29-21(30-20)32(5)12-22(2,3)4/h6-7,10,13,16,23H,8-9,11-12H2,1-5H3,(H,24,25,31)(H2,26,27,28,29,30). The fourth-order valence-corrected chi connectivity index (χ4v) is 3.77. The average molecular weight is 437 g/mol. The number of aromatic amines is 1. The first-order valence-electron chi connectivity index (χ1n) is 10.9. The summed E-state index contributed by atoms with van der Waals surface area (Å²) >= 11 is 0. The second-order valence-electron chi connectivity index (χ2n) is 9.52. The zero-order chi connectivity index (χ0) is 22.7. The fraction of sp³-hybridized carbons (Fsp3) is 0.500. The Kier molecular flexibility index (Phi) is 6.22. The Balaban J connectivity index is 1.64. The van der Waals surface area contributed by atoms with Crippen LogP contribution >= 0.6 is 0 Å². The van der Waals surface area contributed by atoms with Crippen molar-refractivity contribution in [2.75, 3.05) is 42.2 Å². The summed E-state index contributed by atoms with van der Waals surface area (Å²) in [4.78, 5) is 20.4. The molecule has 0 radical (unpaired) electrons. The van der Waals surface area contributed by atoms with Gasteiger partial charge in [-0.05, 0) is 36.9 Å². The van der Waals surface area contributed by atoms with Gasteiger partial charge in [0.1, 0.15) is 6.33 Å². The van der Waals surface area contributed by atoms with Gasteiger partial charge in [-0.3, -0.25) is 5.10 Å². The summed E-state index contributed by atoms with van der Waals surface area (Å²) in [5.74, 6) is 2.43. The van der Waals surface area contributed by atoms with Gasteiger partial charge >= 0.3 is 0 Å². The third-order valence-corrected chi connectivity index (χ3v) is 5.24. The molecule has 1 unspecified atom stereocenters. The topological polar surface area (TPSA) is 120 Å². The van der Waals surface area contributed by atoms with Crippen LogP contribution in [0.4, 0.5) is 23.5 Å². The Bertz CT molecular complexity index is 1040. The van der Waals surface area contributed by atoms with Crippen molar-refractivity contribution < 1.29 is 0 Å². The van der Waals surface area contributed by atoms with Crippen LogP contribution < -0.4 is 20.9 Å².